The van der Waals surface area contributed by atoms with E-state index in [9.17, 15) is 0 Å². The van der Waals surface area contributed by atoms with Gasteiger partial charge in [-0.3, -0.25) is 0 Å². The van der Waals surface area contributed by atoms with Crippen molar-refractivity contribution in [3.63, 3.8) is 0 Å². The Balaban J connectivity index is 3.30. The molecule has 0 aliphatic carbocycles. The number of para-hydroxylation sites is 1. The van der Waals surface area contributed by atoms with Gasteiger partial charge in [-0.2, -0.15) is 0 Å². The van der Waals surface area contributed by atoms with Gasteiger partial charge >= 0.3 is 0 Å². The number of hydrogen-bond acceptors (Lipinski definition) is 2. The molecule has 0 aromatic heterocycles. The minimum atomic E-state index is -0.363. The van der Waals surface area contributed by atoms with Gasteiger partial charge in [0.25, 0.3) is 0 Å². The second-order valence-corrected chi connectivity index (χ2v) is 4.04. The van der Waals surface area contributed by atoms with Crippen molar-refractivity contribution in [3.05, 3.63) is 23.8 Å². The van der Waals surface area contributed by atoms with Crippen molar-refractivity contribution in [2.75, 3.05) is 13.7 Å². The van der Waals surface area contributed by atoms with Gasteiger partial charge in [0.2, 0.25) is 0 Å². The first kappa shape index (κ1) is 12.4. The van der Waals surface area contributed by atoms with Crippen LogP contribution in [0, 0.1) is 12.3 Å². The van der Waals surface area contributed by atoms with Gasteiger partial charge in [0.05, 0.1) is 19.1 Å². The molecule has 0 heterocycles. The summed E-state index contributed by atoms with van der Waals surface area (Å²) in [5.41, 5.74) is 0.613. The molecule has 0 spiro atoms. The molecule has 0 amide bonds. The van der Waals surface area contributed by atoms with E-state index in [0.29, 0.717) is 6.61 Å². The summed E-state index contributed by atoms with van der Waals surface area (Å²) in [5, 5.41) is 0. The monoisotopic (exact) mass is 218 g/mol. The maximum Gasteiger partial charge on any atom is 0.165 e. The third-order valence-corrected chi connectivity index (χ3v) is 2.52. The van der Waals surface area contributed by atoms with Gasteiger partial charge in [-0.15, -0.1) is 6.42 Å². The molecule has 0 saturated heterocycles. The molecule has 1 rings (SSSR count). The van der Waals surface area contributed by atoms with Crippen LogP contribution in [0.3, 0.4) is 0 Å². The fraction of sp³-hybridized carbons (Fsp3) is 0.429. The number of ether oxygens (including phenoxy) is 2. The van der Waals surface area contributed by atoms with Crippen LogP contribution in [0.4, 0.5) is 0 Å². The number of hydrogen-bond donors (Lipinski definition) is 0. The molecule has 0 atom stereocenters. The highest BCUT2D eigenvalue weighted by Gasteiger charge is 2.23. The topological polar surface area (TPSA) is 18.5 Å². The van der Waals surface area contributed by atoms with Gasteiger partial charge in [-0.25, -0.2) is 0 Å². The number of benzene rings is 1. The van der Waals surface area contributed by atoms with Crippen LogP contribution in [0.1, 0.15) is 26.3 Å². The Morgan fingerprint density at radius 2 is 2.06 bits per heavy atom. The van der Waals surface area contributed by atoms with E-state index in [1.807, 2.05) is 39.0 Å². The van der Waals surface area contributed by atoms with Crippen LogP contribution in [0.5, 0.6) is 11.5 Å². The first-order valence-electron chi connectivity index (χ1n) is 5.34. The van der Waals surface area contributed by atoms with E-state index in [0.717, 1.165) is 17.1 Å². The molecule has 0 N–H and O–H groups in total. The molecule has 2 heteroatoms. The van der Waals surface area contributed by atoms with Crippen LogP contribution in [-0.2, 0) is 5.41 Å². The predicted octanol–water partition coefficient (Wildman–Crippen LogP) is 3.00. The van der Waals surface area contributed by atoms with Gasteiger partial charge in [0, 0.05) is 5.56 Å². The smallest absolute Gasteiger partial charge is 0.165 e. The van der Waals surface area contributed by atoms with E-state index < -0.39 is 0 Å². The number of rotatable bonds is 4. The molecule has 0 aliphatic rings. The highest BCUT2D eigenvalue weighted by atomic mass is 16.5. The zero-order valence-corrected chi connectivity index (χ0v) is 10.3. The molecular formula is C14H18O2. The van der Waals surface area contributed by atoms with E-state index in [2.05, 4.69) is 5.92 Å². The predicted molar refractivity (Wildman–Crippen MR) is 66.0 cm³/mol. The van der Waals surface area contributed by atoms with Gasteiger partial charge in [-0.1, -0.05) is 18.1 Å². The first-order valence-corrected chi connectivity index (χ1v) is 5.34. The third kappa shape index (κ3) is 2.30. The first-order chi connectivity index (χ1) is 7.56. The SMILES string of the molecule is C#CC(C)(C)c1cccc(OCC)c1OC. The summed E-state index contributed by atoms with van der Waals surface area (Å²) in [5.74, 6) is 4.24. The molecule has 86 valence electrons. The lowest BCUT2D eigenvalue weighted by Crippen LogP contribution is -2.15. The zero-order chi connectivity index (χ0) is 12.2. The summed E-state index contributed by atoms with van der Waals surface area (Å²) in [6.07, 6.45) is 5.54. The minimum Gasteiger partial charge on any atom is -0.493 e. The molecule has 0 aliphatic heterocycles. The largest absolute Gasteiger partial charge is 0.493 e. The van der Waals surface area contributed by atoms with Crippen molar-refractivity contribution in [3.8, 4) is 23.8 Å². The van der Waals surface area contributed by atoms with E-state index in [-0.39, 0.29) is 5.41 Å². The van der Waals surface area contributed by atoms with E-state index in [1.165, 1.54) is 0 Å². The molecular weight excluding hydrogens is 200 g/mol. The van der Waals surface area contributed by atoms with Crippen LogP contribution >= 0.6 is 0 Å². The summed E-state index contributed by atoms with van der Waals surface area (Å²) >= 11 is 0. The normalized spacial score (nSPS) is 10.7. The van der Waals surface area contributed by atoms with Gasteiger partial charge < -0.3 is 9.47 Å². The maximum atomic E-state index is 5.54. The Labute approximate surface area is 97.6 Å². The molecule has 0 unspecified atom stereocenters. The van der Waals surface area contributed by atoms with E-state index in [4.69, 9.17) is 15.9 Å². The molecule has 0 fully saturated rings. The summed E-state index contributed by atoms with van der Waals surface area (Å²) in [4.78, 5) is 0. The average molecular weight is 218 g/mol. The average Bonchev–Trinajstić information content (AvgIpc) is 2.29. The van der Waals surface area contributed by atoms with Gasteiger partial charge in [-0.05, 0) is 26.8 Å². The van der Waals surface area contributed by atoms with Gasteiger partial charge in [0.15, 0.2) is 11.5 Å². The Morgan fingerprint density at radius 3 is 2.56 bits per heavy atom. The van der Waals surface area contributed by atoms with Crippen LogP contribution in [-0.4, -0.2) is 13.7 Å². The lowest BCUT2D eigenvalue weighted by molar-refractivity contribution is 0.307. The zero-order valence-electron chi connectivity index (χ0n) is 10.3. The molecule has 2 nitrogen and oxygen atoms in total. The van der Waals surface area contributed by atoms with E-state index >= 15 is 0 Å². The summed E-state index contributed by atoms with van der Waals surface area (Å²) in [7, 11) is 1.63. The fourth-order valence-electron chi connectivity index (χ4n) is 1.57. The third-order valence-electron chi connectivity index (χ3n) is 2.52. The van der Waals surface area contributed by atoms with Crippen molar-refractivity contribution in [2.45, 2.75) is 26.2 Å². The standard InChI is InChI=1S/C14H18O2/c1-6-14(3,4)11-9-8-10-12(16-7-2)13(11)15-5/h1,8-10H,7H2,2-5H3. The number of methoxy groups -OCH3 is 1. The molecule has 0 saturated carbocycles. The molecule has 0 bridgehead atoms. The van der Waals surface area contributed by atoms with Crippen LogP contribution in [0.2, 0.25) is 0 Å². The van der Waals surface area contributed by atoms with E-state index in [1.54, 1.807) is 7.11 Å². The lowest BCUT2D eigenvalue weighted by Gasteiger charge is -2.22. The van der Waals surface area contributed by atoms with Crippen LogP contribution < -0.4 is 9.47 Å². The summed E-state index contributed by atoms with van der Waals surface area (Å²) in [6, 6.07) is 5.79. The second kappa shape index (κ2) is 4.94. The Hall–Kier alpha value is -1.62. The van der Waals surface area contributed by atoms with Crippen molar-refractivity contribution in [2.24, 2.45) is 0 Å². The number of terminal acetylenes is 1. The van der Waals surface area contributed by atoms with Crippen molar-refractivity contribution < 1.29 is 9.47 Å². The van der Waals surface area contributed by atoms with Crippen molar-refractivity contribution in [1.82, 2.24) is 0 Å². The van der Waals surface area contributed by atoms with Crippen LogP contribution in [0.15, 0.2) is 18.2 Å². The van der Waals surface area contributed by atoms with Crippen molar-refractivity contribution >= 4 is 0 Å². The van der Waals surface area contributed by atoms with Crippen molar-refractivity contribution in [1.29, 1.82) is 0 Å². The second-order valence-electron chi connectivity index (χ2n) is 4.04. The highest BCUT2D eigenvalue weighted by molar-refractivity contribution is 5.52. The Kier molecular flexibility index (Phi) is 3.84. The minimum absolute atomic E-state index is 0.363. The van der Waals surface area contributed by atoms with Gasteiger partial charge in [0.1, 0.15) is 0 Å². The molecule has 0 radical (unpaired) electrons. The quantitative estimate of drug-likeness (QED) is 0.723. The summed E-state index contributed by atoms with van der Waals surface area (Å²) < 4.78 is 10.9. The fourth-order valence-corrected chi connectivity index (χ4v) is 1.57. The molecule has 1 aromatic rings. The molecule has 1 aromatic carbocycles. The lowest BCUT2D eigenvalue weighted by atomic mass is 9.85. The molecule has 16 heavy (non-hydrogen) atoms. The maximum absolute atomic E-state index is 5.54. The summed E-state index contributed by atoms with van der Waals surface area (Å²) in [6.45, 7) is 6.52. The Morgan fingerprint density at radius 1 is 1.38 bits per heavy atom. The highest BCUT2D eigenvalue weighted by Crippen LogP contribution is 2.38. The Bertz CT molecular complexity index is 400. The van der Waals surface area contributed by atoms with Crippen LogP contribution in [0.25, 0.3) is 0 Å².